The lowest BCUT2D eigenvalue weighted by Crippen LogP contribution is -2.21. The molecule has 0 nitrogen and oxygen atoms in total. The van der Waals surface area contributed by atoms with Gasteiger partial charge in [0.05, 0.1) is 5.56 Å². The minimum absolute atomic E-state index is 0.129. The van der Waals surface area contributed by atoms with Gasteiger partial charge in [-0.15, -0.1) is 0 Å². The number of halogens is 3. The highest BCUT2D eigenvalue weighted by molar-refractivity contribution is 7.67. The van der Waals surface area contributed by atoms with Crippen LogP contribution in [0.4, 0.5) is 13.2 Å². The molecule has 0 aliphatic carbocycles. The number of alkyl halides is 3. The summed E-state index contributed by atoms with van der Waals surface area (Å²) >= 11 is 0. The Labute approximate surface area is 115 Å². The fourth-order valence-corrected chi connectivity index (χ4v) is 4.84. The van der Waals surface area contributed by atoms with Crippen molar-refractivity contribution in [1.29, 1.82) is 0 Å². The first kappa shape index (κ1) is 16.5. The van der Waals surface area contributed by atoms with E-state index >= 15 is 0 Å². The molecule has 1 rings (SSSR count). The topological polar surface area (TPSA) is 0 Å². The Bertz CT molecular complexity index is 387. The van der Waals surface area contributed by atoms with Gasteiger partial charge in [0.25, 0.3) is 0 Å². The van der Waals surface area contributed by atoms with Crippen LogP contribution >= 0.6 is 7.92 Å². The van der Waals surface area contributed by atoms with Gasteiger partial charge in [-0.3, -0.25) is 0 Å². The number of hydrogen-bond donors (Lipinski definition) is 0. The molecule has 0 aromatic heterocycles. The van der Waals surface area contributed by atoms with Gasteiger partial charge in [-0.2, -0.15) is 13.2 Å². The molecule has 0 bridgehead atoms. The maximum absolute atomic E-state index is 12.6. The lowest BCUT2D eigenvalue weighted by Gasteiger charge is -2.32. The summed E-state index contributed by atoms with van der Waals surface area (Å²) in [6, 6.07) is 5.75. The predicted molar refractivity (Wildman–Crippen MR) is 77.5 cm³/mol. The second-order valence-corrected chi connectivity index (χ2v) is 8.88. The first-order valence-electron chi connectivity index (χ1n) is 6.61. The molecule has 108 valence electrons. The SMILES string of the molecule is CCCCP(c1ccc(C(F)(F)F)cc1)C(C)(C)C. The summed E-state index contributed by atoms with van der Waals surface area (Å²) in [4.78, 5) is 0. The smallest absolute Gasteiger partial charge is 0.166 e. The third-order valence-electron chi connectivity index (χ3n) is 3.05. The highest BCUT2D eigenvalue weighted by atomic mass is 31.1. The monoisotopic (exact) mass is 290 g/mol. The summed E-state index contributed by atoms with van der Waals surface area (Å²) in [5.74, 6) is 0. The van der Waals surface area contributed by atoms with Crippen LogP contribution in [-0.2, 0) is 6.18 Å². The van der Waals surface area contributed by atoms with E-state index in [1.54, 1.807) is 12.1 Å². The standard InChI is InChI=1S/C15H22F3P/c1-5-6-11-19(14(2,3)4)13-9-7-12(8-10-13)15(16,17)18/h7-10H,5-6,11H2,1-4H3. The molecule has 0 aliphatic rings. The van der Waals surface area contributed by atoms with Crippen molar-refractivity contribution in [3.8, 4) is 0 Å². The van der Waals surface area contributed by atoms with Gasteiger partial charge in [0, 0.05) is 0 Å². The average molecular weight is 290 g/mol. The lowest BCUT2D eigenvalue weighted by atomic mass is 10.2. The second-order valence-electron chi connectivity index (χ2n) is 5.72. The molecule has 0 saturated heterocycles. The van der Waals surface area contributed by atoms with Crippen molar-refractivity contribution in [1.82, 2.24) is 0 Å². The Morgan fingerprint density at radius 2 is 1.53 bits per heavy atom. The van der Waals surface area contributed by atoms with Crippen molar-refractivity contribution in [2.45, 2.75) is 51.9 Å². The van der Waals surface area contributed by atoms with Crippen molar-refractivity contribution >= 4 is 13.2 Å². The Morgan fingerprint density at radius 1 is 1.00 bits per heavy atom. The third-order valence-corrected chi connectivity index (χ3v) is 6.36. The van der Waals surface area contributed by atoms with Crippen LogP contribution in [0.15, 0.2) is 24.3 Å². The van der Waals surface area contributed by atoms with Crippen molar-refractivity contribution in [3.05, 3.63) is 29.8 Å². The molecule has 1 atom stereocenters. The van der Waals surface area contributed by atoms with Crippen LogP contribution in [-0.4, -0.2) is 11.3 Å². The van der Waals surface area contributed by atoms with Crippen molar-refractivity contribution in [3.63, 3.8) is 0 Å². The van der Waals surface area contributed by atoms with Crippen molar-refractivity contribution < 1.29 is 13.2 Å². The maximum atomic E-state index is 12.6. The van der Waals surface area contributed by atoms with Gasteiger partial charge in [0.1, 0.15) is 0 Å². The van der Waals surface area contributed by atoms with E-state index in [2.05, 4.69) is 27.7 Å². The summed E-state index contributed by atoms with van der Waals surface area (Å²) in [6.45, 7) is 8.66. The molecular formula is C15H22F3P. The average Bonchev–Trinajstić information content (AvgIpc) is 2.27. The van der Waals surface area contributed by atoms with E-state index in [0.29, 0.717) is 0 Å². The molecule has 0 radical (unpaired) electrons. The fraction of sp³-hybridized carbons (Fsp3) is 0.600. The minimum Gasteiger partial charge on any atom is -0.166 e. The van der Waals surface area contributed by atoms with E-state index in [0.717, 1.165) is 24.3 Å². The zero-order chi connectivity index (χ0) is 14.7. The van der Waals surface area contributed by atoms with Crippen LogP contribution in [0, 0.1) is 0 Å². The van der Waals surface area contributed by atoms with Gasteiger partial charge in [0.2, 0.25) is 0 Å². The largest absolute Gasteiger partial charge is 0.416 e. The Kier molecular flexibility index (Phi) is 5.43. The summed E-state index contributed by atoms with van der Waals surface area (Å²) < 4.78 is 37.7. The first-order chi connectivity index (χ1) is 8.66. The molecule has 0 amide bonds. The third kappa shape index (κ3) is 4.80. The molecule has 0 heterocycles. The molecule has 4 heteroatoms. The molecule has 1 aromatic rings. The van der Waals surface area contributed by atoms with E-state index in [1.165, 1.54) is 12.1 Å². The molecule has 19 heavy (non-hydrogen) atoms. The normalized spacial score (nSPS) is 14.5. The van der Waals surface area contributed by atoms with E-state index in [4.69, 9.17) is 0 Å². The van der Waals surface area contributed by atoms with Crippen LogP contribution in [0.2, 0.25) is 0 Å². The predicted octanol–water partition coefficient (Wildman–Crippen LogP) is 5.41. The van der Waals surface area contributed by atoms with E-state index < -0.39 is 19.7 Å². The van der Waals surface area contributed by atoms with Gasteiger partial charge < -0.3 is 0 Å². The molecule has 0 N–H and O–H groups in total. The van der Waals surface area contributed by atoms with E-state index in [9.17, 15) is 13.2 Å². The highest BCUT2D eigenvalue weighted by Crippen LogP contribution is 2.49. The molecule has 1 unspecified atom stereocenters. The highest BCUT2D eigenvalue weighted by Gasteiger charge is 2.31. The first-order valence-corrected chi connectivity index (χ1v) is 8.14. The van der Waals surface area contributed by atoms with Crippen LogP contribution < -0.4 is 5.30 Å². The van der Waals surface area contributed by atoms with E-state index in [1.807, 2.05) is 0 Å². The molecule has 0 aliphatic heterocycles. The number of benzene rings is 1. The Morgan fingerprint density at radius 3 is 1.89 bits per heavy atom. The van der Waals surface area contributed by atoms with E-state index in [-0.39, 0.29) is 5.16 Å². The minimum atomic E-state index is -4.24. The maximum Gasteiger partial charge on any atom is 0.416 e. The van der Waals surface area contributed by atoms with Gasteiger partial charge >= 0.3 is 6.18 Å². The van der Waals surface area contributed by atoms with Crippen LogP contribution in [0.5, 0.6) is 0 Å². The Hall–Kier alpha value is -0.560. The Balaban J connectivity index is 2.98. The fourth-order valence-electron chi connectivity index (χ4n) is 2.00. The quantitative estimate of drug-likeness (QED) is 0.650. The van der Waals surface area contributed by atoms with Gasteiger partial charge in [-0.1, -0.05) is 54.2 Å². The van der Waals surface area contributed by atoms with Crippen LogP contribution in [0.1, 0.15) is 46.1 Å². The summed E-state index contributed by atoms with van der Waals surface area (Å²) in [7, 11) is -0.418. The molecule has 0 spiro atoms. The molecule has 1 aromatic carbocycles. The van der Waals surface area contributed by atoms with Gasteiger partial charge in [-0.05, 0) is 35.2 Å². The number of hydrogen-bond acceptors (Lipinski definition) is 0. The van der Waals surface area contributed by atoms with Crippen LogP contribution in [0.25, 0.3) is 0 Å². The molecular weight excluding hydrogens is 268 g/mol. The van der Waals surface area contributed by atoms with Gasteiger partial charge in [-0.25, -0.2) is 0 Å². The summed E-state index contributed by atoms with van der Waals surface area (Å²) in [5, 5.41) is 1.20. The lowest BCUT2D eigenvalue weighted by molar-refractivity contribution is -0.137. The number of unbranched alkanes of at least 4 members (excludes halogenated alkanes) is 1. The van der Waals surface area contributed by atoms with Crippen LogP contribution in [0.3, 0.4) is 0 Å². The molecule has 0 saturated carbocycles. The zero-order valence-electron chi connectivity index (χ0n) is 12.0. The van der Waals surface area contributed by atoms with Crippen molar-refractivity contribution in [2.24, 2.45) is 0 Å². The molecule has 0 fully saturated rings. The number of rotatable bonds is 4. The van der Waals surface area contributed by atoms with Gasteiger partial charge in [0.15, 0.2) is 0 Å². The summed E-state index contributed by atoms with van der Waals surface area (Å²) in [5.41, 5.74) is -0.560. The second kappa shape index (κ2) is 6.26. The zero-order valence-corrected chi connectivity index (χ0v) is 12.9. The summed E-state index contributed by atoms with van der Waals surface area (Å²) in [6.07, 6.45) is -0.910. The van der Waals surface area contributed by atoms with Crippen molar-refractivity contribution in [2.75, 3.05) is 6.16 Å².